The molecular formula is C18H23N3O6. The largest absolute Gasteiger partial charge is 0.462 e. The van der Waals surface area contributed by atoms with Crippen molar-refractivity contribution in [3.8, 4) is 0 Å². The van der Waals surface area contributed by atoms with Gasteiger partial charge in [0.05, 0.1) is 18.8 Å². The Bertz CT molecular complexity index is 921. The molecule has 27 heavy (non-hydrogen) atoms. The number of hydrogen-bond acceptors (Lipinski definition) is 7. The van der Waals surface area contributed by atoms with Crippen LogP contribution >= 0.6 is 0 Å². The summed E-state index contributed by atoms with van der Waals surface area (Å²) in [5.41, 5.74) is -0.403. The second kappa shape index (κ2) is 7.51. The van der Waals surface area contributed by atoms with E-state index in [-0.39, 0.29) is 53.7 Å². The third-order valence-electron chi connectivity index (χ3n) is 4.41. The summed E-state index contributed by atoms with van der Waals surface area (Å²) in [6.07, 6.45) is 1.12. The molecule has 9 heteroatoms. The Hall–Kier alpha value is -2.68. The van der Waals surface area contributed by atoms with Crippen molar-refractivity contribution in [2.75, 3.05) is 19.7 Å². The fourth-order valence-electron chi connectivity index (χ4n) is 3.33. The van der Waals surface area contributed by atoms with Gasteiger partial charge in [0.1, 0.15) is 29.6 Å². The average Bonchev–Trinajstić information content (AvgIpc) is 2.93. The van der Waals surface area contributed by atoms with Crippen LogP contribution in [0.25, 0.3) is 11.1 Å². The number of esters is 1. The fourth-order valence-corrected chi connectivity index (χ4v) is 3.33. The zero-order valence-corrected chi connectivity index (χ0v) is 15.9. The zero-order valence-electron chi connectivity index (χ0n) is 15.9. The van der Waals surface area contributed by atoms with Crippen LogP contribution < -0.4 is 5.56 Å². The standard InChI is InChI=1S/C18H23N3O6/c1-5-25-18(24)14-12(4)27-16-15(14)17(23)21(9-19-16)8-13(22)20-6-10(2)26-11(3)7-20/h9-11H,5-8H2,1-4H3/t10-,11-/m1/s1. The van der Waals surface area contributed by atoms with Crippen molar-refractivity contribution < 1.29 is 23.5 Å². The molecule has 1 fully saturated rings. The van der Waals surface area contributed by atoms with Gasteiger partial charge in [-0.2, -0.15) is 0 Å². The summed E-state index contributed by atoms with van der Waals surface area (Å²) in [5.74, 6) is -0.598. The van der Waals surface area contributed by atoms with Crippen LogP contribution in [0.4, 0.5) is 0 Å². The molecule has 146 valence electrons. The molecule has 1 saturated heterocycles. The summed E-state index contributed by atoms with van der Waals surface area (Å²) in [7, 11) is 0. The first-order valence-corrected chi connectivity index (χ1v) is 8.90. The molecule has 1 amide bonds. The van der Waals surface area contributed by atoms with E-state index < -0.39 is 11.5 Å². The Morgan fingerprint density at radius 1 is 1.30 bits per heavy atom. The Morgan fingerprint density at radius 2 is 1.96 bits per heavy atom. The van der Waals surface area contributed by atoms with E-state index in [2.05, 4.69) is 4.98 Å². The van der Waals surface area contributed by atoms with E-state index in [0.717, 1.165) is 0 Å². The number of carbonyl (C=O) groups is 2. The van der Waals surface area contributed by atoms with Crippen LogP contribution in [-0.4, -0.2) is 58.2 Å². The predicted molar refractivity (Wildman–Crippen MR) is 95.6 cm³/mol. The van der Waals surface area contributed by atoms with E-state index in [1.54, 1.807) is 18.7 Å². The number of aromatic nitrogens is 2. The molecule has 0 aromatic carbocycles. The van der Waals surface area contributed by atoms with Gasteiger partial charge in [0.2, 0.25) is 11.6 Å². The molecule has 0 N–H and O–H groups in total. The summed E-state index contributed by atoms with van der Waals surface area (Å²) < 4.78 is 17.2. The first-order valence-electron chi connectivity index (χ1n) is 8.90. The summed E-state index contributed by atoms with van der Waals surface area (Å²) >= 11 is 0. The van der Waals surface area contributed by atoms with Gasteiger partial charge in [-0.25, -0.2) is 9.78 Å². The van der Waals surface area contributed by atoms with Gasteiger partial charge in [0.25, 0.3) is 5.56 Å². The first-order chi connectivity index (χ1) is 12.8. The molecule has 2 aromatic heterocycles. The maximum Gasteiger partial charge on any atom is 0.342 e. The number of morpholine rings is 1. The van der Waals surface area contributed by atoms with Gasteiger partial charge in [-0.05, 0) is 27.7 Å². The molecule has 0 bridgehead atoms. The summed E-state index contributed by atoms with van der Waals surface area (Å²) in [4.78, 5) is 43.5. The van der Waals surface area contributed by atoms with Crippen molar-refractivity contribution in [1.29, 1.82) is 0 Å². The highest BCUT2D eigenvalue weighted by Crippen LogP contribution is 2.21. The molecule has 0 radical (unpaired) electrons. The molecule has 0 spiro atoms. The van der Waals surface area contributed by atoms with Crippen molar-refractivity contribution in [3.05, 3.63) is 28.0 Å². The summed E-state index contributed by atoms with van der Waals surface area (Å²) in [5, 5.41) is 0.0324. The molecule has 1 aliphatic heterocycles. The van der Waals surface area contributed by atoms with E-state index >= 15 is 0 Å². The molecule has 0 unspecified atom stereocenters. The second-order valence-electron chi connectivity index (χ2n) is 6.67. The molecule has 3 heterocycles. The van der Waals surface area contributed by atoms with Gasteiger partial charge in [-0.15, -0.1) is 0 Å². The minimum Gasteiger partial charge on any atom is -0.462 e. The molecule has 0 saturated carbocycles. The third kappa shape index (κ3) is 3.73. The maximum atomic E-state index is 12.9. The van der Waals surface area contributed by atoms with Gasteiger partial charge >= 0.3 is 5.97 Å². The number of nitrogens with zero attached hydrogens (tertiary/aromatic N) is 3. The van der Waals surface area contributed by atoms with Crippen LogP contribution in [0.2, 0.25) is 0 Å². The normalized spacial score (nSPS) is 20.1. The van der Waals surface area contributed by atoms with E-state index in [4.69, 9.17) is 13.9 Å². The minimum atomic E-state index is -0.646. The van der Waals surface area contributed by atoms with Crippen LogP contribution in [0.15, 0.2) is 15.5 Å². The lowest BCUT2D eigenvalue weighted by Gasteiger charge is -2.35. The Labute approximate surface area is 155 Å². The van der Waals surface area contributed by atoms with Gasteiger partial charge in [-0.3, -0.25) is 14.2 Å². The van der Waals surface area contributed by atoms with E-state index in [1.807, 2.05) is 13.8 Å². The van der Waals surface area contributed by atoms with Crippen molar-refractivity contribution in [3.63, 3.8) is 0 Å². The van der Waals surface area contributed by atoms with Gasteiger partial charge in [0.15, 0.2) is 0 Å². The summed E-state index contributed by atoms with van der Waals surface area (Å²) in [6, 6.07) is 0. The number of amides is 1. The molecule has 2 atom stereocenters. The number of hydrogen-bond donors (Lipinski definition) is 0. The third-order valence-corrected chi connectivity index (χ3v) is 4.41. The molecule has 3 rings (SSSR count). The average molecular weight is 377 g/mol. The lowest BCUT2D eigenvalue weighted by atomic mass is 10.2. The number of furan rings is 1. The SMILES string of the molecule is CCOC(=O)c1c(C)oc2ncn(CC(=O)N3C[C@@H](C)O[C@H](C)C3)c(=O)c12. The molecular weight excluding hydrogens is 354 g/mol. The Kier molecular flexibility index (Phi) is 5.31. The number of ether oxygens (including phenoxy) is 2. The topological polar surface area (TPSA) is 104 Å². The molecule has 0 aliphatic carbocycles. The van der Waals surface area contributed by atoms with Crippen LogP contribution in [0.5, 0.6) is 0 Å². The lowest BCUT2D eigenvalue weighted by molar-refractivity contribution is -0.143. The predicted octanol–water partition coefficient (Wildman–Crippen LogP) is 1.11. The highest BCUT2D eigenvalue weighted by molar-refractivity contribution is 6.03. The van der Waals surface area contributed by atoms with E-state index in [9.17, 15) is 14.4 Å². The number of aryl methyl sites for hydroxylation is 1. The summed E-state index contributed by atoms with van der Waals surface area (Å²) in [6.45, 7) is 7.97. The quantitative estimate of drug-likeness (QED) is 0.735. The highest BCUT2D eigenvalue weighted by atomic mass is 16.5. The van der Waals surface area contributed by atoms with Crippen LogP contribution in [-0.2, 0) is 20.8 Å². The van der Waals surface area contributed by atoms with Crippen LogP contribution in [0, 0.1) is 6.92 Å². The Morgan fingerprint density at radius 3 is 2.59 bits per heavy atom. The fraction of sp³-hybridized carbons (Fsp3) is 0.556. The number of rotatable bonds is 4. The van der Waals surface area contributed by atoms with Gasteiger partial charge in [0, 0.05) is 13.1 Å². The molecule has 1 aliphatic rings. The second-order valence-corrected chi connectivity index (χ2v) is 6.67. The highest BCUT2D eigenvalue weighted by Gasteiger charge is 2.28. The monoisotopic (exact) mass is 377 g/mol. The minimum absolute atomic E-state index is 0.0324. The van der Waals surface area contributed by atoms with Crippen molar-refractivity contribution in [2.24, 2.45) is 0 Å². The maximum absolute atomic E-state index is 12.9. The molecule has 2 aromatic rings. The number of carbonyl (C=O) groups excluding carboxylic acids is 2. The van der Waals surface area contributed by atoms with Crippen LogP contribution in [0.3, 0.4) is 0 Å². The zero-order chi connectivity index (χ0) is 19.7. The van der Waals surface area contributed by atoms with Crippen molar-refractivity contribution in [1.82, 2.24) is 14.5 Å². The van der Waals surface area contributed by atoms with Crippen molar-refractivity contribution in [2.45, 2.75) is 46.4 Å². The first kappa shape index (κ1) is 19.1. The Balaban J connectivity index is 1.93. The van der Waals surface area contributed by atoms with E-state index in [1.165, 1.54) is 10.9 Å². The van der Waals surface area contributed by atoms with E-state index in [0.29, 0.717) is 13.1 Å². The van der Waals surface area contributed by atoms with Crippen molar-refractivity contribution >= 4 is 23.0 Å². The number of fused-ring (bicyclic) bond motifs is 1. The van der Waals surface area contributed by atoms with Gasteiger partial charge in [-0.1, -0.05) is 0 Å². The van der Waals surface area contributed by atoms with Gasteiger partial charge < -0.3 is 18.8 Å². The molecule has 9 nitrogen and oxygen atoms in total. The smallest absolute Gasteiger partial charge is 0.342 e. The van der Waals surface area contributed by atoms with Crippen LogP contribution in [0.1, 0.15) is 36.9 Å². The lowest BCUT2D eigenvalue weighted by Crippen LogP contribution is -2.49.